The number of anilines is 3. The second kappa shape index (κ2) is 15.6. The van der Waals surface area contributed by atoms with E-state index in [2.05, 4.69) is 254 Å². The van der Waals surface area contributed by atoms with Gasteiger partial charge in [0.15, 0.2) is 0 Å². The second-order valence-corrected chi connectivity index (χ2v) is 15.8. The lowest BCUT2D eigenvalue weighted by Gasteiger charge is -2.29. The fourth-order valence-electron chi connectivity index (χ4n) is 8.87. The Labute approximate surface area is 357 Å². The molecule has 11 rings (SSSR count). The summed E-state index contributed by atoms with van der Waals surface area (Å²) >= 11 is 0. The molecule has 1 nitrogen and oxygen atoms in total. The number of hydrogen-bond acceptors (Lipinski definition) is 1. The Balaban J connectivity index is 1.05. The van der Waals surface area contributed by atoms with Gasteiger partial charge in [0.2, 0.25) is 0 Å². The molecule has 0 aliphatic rings. The van der Waals surface area contributed by atoms with Crippen LogP contribution in [0.15, 0.2) is 249 Å². The van der Waals surface area contributed by atoms with E-state index in [9.17, 15) is 0 Å². The van der Waals surface area contributed by atoms with Crippen LogP contribution in [0.4, 0.5) is 17.1 Å². The maximum atomic E-state index is 2.43. The third-order valence-electron chi connectivity index (χ3n) is 12.0. The lowest BCUT2D eigenvalue weighted by molar-refractivity contribution is 1.28. The zero-order valence-electron chi connectivity index (χ0n) is 33.6. The topological polar surface area (TPSA) is 3.24 Å². The van der Waals surface area contributed by atoms with Gasteiger partial charge >= 0.3 is 0 Å². The molecule has 0 fully saturated rings. The van der Waals surface area contributed by atoms with Crippen molar-refractivity contribution in [3.05, 3.63) is 249 Å². The number of nitrogens with zero attached hydrogens (tertiary/aromatic N) is 1. The van der Waals surface area contributed by atoms with Crippen molar-refractivity contribution in [3.8, 4) is 55.6 Å². The molecule has 0 heterocycles. The molecular weight excluding hydrogens is 735 g/mol. The average molecular weight is 776 g/mol. The minimum absolute atomic E-state index is 1.08. The number of rotatable bonds is 8. The summed E-state index contributed by atoms with van der Waals surface area (Å²) in [5.74, 6) is 0. The van der Waals surface area contributed by atoms with Crippen LogP contribution in [-0.2, 0) is 0 Å². The van der Waals surface area contributed by atoms with E-state index in [0.29, 0.717) is 0 Å². The van der Waals surface area contributed by atoms with E-state index in [1.165, 1.54) is 82.4 Å². The second-order valence-electron chi connectivity index (χ2n) is 15.8. The van der Waals surface area contributed by atoms with Crippen LogP contribution in [0.3, 0.4) is 0 Å². The molecule has 0 spiro atoms. The first-order valence-corrected chi connectivity index (χ1v) is 21.0. The van der Waals surface area contributed by atoms with Crippen LogP contribution in [0.25, 0.3) is 88.0 Å². The van der Waals surface area contributed by atoms with Crippen LogP contribution < -0.4 is 4.90 Å². The standard InChI is InChI=1S/C60H41N/c1-2-14-47(15-3-1)59-37-32-54(58-23-11-19-46-16-8-9-22-57(46)58)41-60(59)61(56-35-30-45(31-36-56)52-26-24-42-12-4-6-17-48(42)39-52)55-33-28-44(29-34-55)50-20-10-21-51(38-50)53-27-25-43-13-5-7-18-49(43)40-53/h1-41H. The maximum absolute atomic E-state index is 2.43. The van der Waals surface area contributed by atoms with Gasteiger partial charge in [-0.15, -0.1) is 0 Å². The van der Waals surface area contributed by atoms with E-state index >= 15 is 0 Å². The Morgan fingerprint density at radius 2 is 0.656 bits per heavy atom. The SMILES string of the molecule is c1ccc(-c2ccc(-c3cccc4ccccc34)cc2N(c2ccc(-c3cccc(-c4ccc5ccccc5c4)c3)cc2)c2ccc(-c3ccc4ccccc4c3)cc2)cc1. The first-order chi connectivity index (χ1) is 30.2. The van der Waals surface area contributed by atoms with E-state index in [1.807, 2.05) is 0 Å². The van der Waals surface area contributed by atoms with Gasteiger partial charge in [0.05, 0.1) is 5.69 Å². The molecule has 286 valence electrons. The fraction of sp³-hybridized carbons (Fsp3) is 0. The highest BCUT2D eigenvalue weighted by molar-refractivity contribution is 5.99. The van der Waals surface area contributed by atoms with Crippen molar-refractivity contribution in [3.63, 3.8) is 0 Å². The highest BCUT2D eigenvalue weighted by atomic mass is 15.1. The van der Waals surface area contributed by atoms with Crippen molar-refractivity contribution < 1.29 is 0 Å². The van der Waals surface area contributed by atoms with E-state index in [0.717, 1.165) is 22.6 Å². The Bertz CT molecular complexity index is 3340. The van der Waals surface area contributed by atoms with Crippen LogP contribution >= 0.6 is 0 Å². The van der Waals surface area contributed by atoms with Gasteiger partial charge in [-0.05, 0) is 131 Å². The summed E-state index contributed by atoms with van der Waals surface area (Å²) in [4.78, 5) is 2.43. The van der Waals surface area contributed by atoms with Crippen LogP contribution in [0.1, 0.15) is 0 Å². The molecule has 61 heavy (non-hydrogen) atoms. The minimum Gasteiger partial charge on any atom is -0.310 e. The zero-order chi connectivity index (χ0) is 40.5. The Kier molecular flexibility index (Phi) is 9.26. The highest BCUT2D eigenvalue weighted by Crippen LogP contribution is 2.45. The molecule has 1 heteroatoms. The summed E-state index contributed by atoms with van der Waals surface area (Å²) in [5.41, 5.74) is 15.2. The van der Waals surface area contributed by atoms with Crippen LogP contribution in [-0.4, -0.2) is 0 Å². The first kappa shape index (κ1) is 36.1. The molecular formula is C60H41N. The summed E-state index contributed by atoms with van der Waals surface area (Å²) in [7, 11) is 0. The van der Waals surface area contributed by atoms with E-state index in [1.54, 1.807) is 0 Å². The fourth-order valence-corrected chi connectivity index (χ4v) is 8.87. The molecule has 11 aromatic rings. The maximum Gasteiger partial charge on any atom is 0.0546 e. The molecule has 11 aromatic carbocycles. The van der Waals surface area contributed by atoms with Crippen molar-refractivity contribution in [1.29, 1.82) is 0 Å². The molecule has 0 radical (unpaired) electrons. The molecule has 0 N–H and O–H groups in total. The van der Waals surface area contributed by atoms with Crippen molar-refractivity contribution in [2.75, 3.05) is 4.90 Å². The molecule has 0 unspecified atom stereocenters. The highest BCUT2D eigenvalue weighted by Gasteiger charge is 2.20. The summed E-state index contributed by atoms with van der Waals surface area (Å²) in [6.45, 7) is 0. The largest absolute Gasteiger partial charge is 0.310 e. The summed E-state index contributed by atoms with van der Waals surface area (Å²) in [6.07, 6.45) is 0. The van der Waals surface area contributed by atoms with Crippen molar-refractivity contribution >= 4 is 49.4 Å². The third-order valence-corrected chi connectivity index (χ3v) is 12.0. The Morgan fingerprint density at radius 1 is 0.213 bits per heavy atom. The molecule has 0 bridgehead atoms. The van der Waals surface area contributed by atoms with Gasteiger partial charge in [-0.1, -0.05) is 200 Å². The molecule has 0 aromatic heterocycles. The molecule has 0 amide bonds. The third kappa shape index (κ3) is 7.03. The monoisotopic (exact) mass is 775 g/mol. The van der Waals surface area contributed by atoms with E-state index in [4.69, 9.17) is 0 Å². The average Bonchev–Trinajstić information content (AvgIpc) is 3.34. The summed E-state index contributed by atoms with van der Waals surface area (Å²) < 4.78 is 0. The number of hydrogen-bond donors (Lipinski definition) is 0. The summed E-state index contributed by atoms with van der Waals surface area (Å²) in [6, 6.07) is 90.6. The molecule has 0 aliphatic heterocycles. The van der Waals surface area contributed by atoms with Crippen molar-refractivity contribution in [1.82, 2.24) is 0 Å². The van der Waals surface area contributed by atoms with Crippen molar-refractivity contribution in [2.45, 2.75) is 0 Å². The van der Waals surface area contributed by atoms with Crippen molar-refractivity contribution in [2.24, 2.45) is 0 Å². The molecule has 0 aliphatic carbocycles. The van der Waals surface area contributed by atoms with Crippen LogP contribution in [0.5, 0.6) is 0 Å². The smallest absolute Gasteiger partial charge is 0.0546 e. The quantitative estimate of drug-likeness (QED) is 0.149. The van der Waals surface area contributed by atoms with Gasteiger partial charge in [0, 0.05) is 16.9 Å². The first-order valence-electron chi connectivity index (χ1n) is 21.0. The number of fused-ring (bicyclic) bond motifs is 3. The van der Waals surface area contributed by atoms with E-state index < -0.39 is 0 Å². The van der Waals surface area contributed by atoms with Gasteiger partial charge < -0.3 is 4.90 Å². The molecule has 0 atom stereocenters. The van der Waals surface area contributed by atoms with Gasteiger partial charge in [-0.2, -0.15) is 0 Å². The predicted molar refractivity (Wildman–Crippen MR) is 261 cm³/mol. The van der Waals surface area contributed by atoms with Crippen LogP contribution in [0, 0.1) is 0 Å². The van der Waals surface area contributed by atoms with Gasteiger partial charge in [0.1, 0.15) is 0 Å². The number of benzene rings is 11. The molecule has 0 saturated carbocycles. The van der Waals surface area contributed by atoms with Crippen LogP contribution in [0.2, 0.25) is 0 Å². The Morgan fingerprint density at radius 3 is 1.30 bits per heavy atom. The van der Waals surface area contributed by atoms with Gasteiger partial charge in [-0.3, -0.25) is 0 Å². The minimum atomic E-state index is 1.08. The zero-order valence-corrected chi connectivity index (χ0v) is 33.6. The lowest BCUT2D eigenvalue weighted by atomic mass is 9.94. The van der Waals surface area contributed by atoms with Gasteiger partial charge in [-0.25, -0.2) is 0 Å². The van der Waals surface area contributed by atoms with Gasteiger partial charge in [0.25, 0.3) is 0 Å². The Hall–Kier alpha value is -8.00. The molecule has 0 saturated heterocycles. The summed E-state index contributed by atoms with van der Waals surface area (Å²) in [5, 5.41) is 7.47. The normalized spacial score (nSPS) is 11.3. The van der Waals surface area contributed by atoms with E-state index in [-0.39, 0.29) is 0 Å². The lowest BCUT2D eigenvalue weighted by Crippen LogP contribution is -2.11. The predicted octanol–water partition coefficient (Wildman–Crippen LogP) is 17.0.